The smallest absolute Gasteiger partial charge is 0.183 e. The summed E-state index contributed by atoms with van der Waals surface area (Å²) in [6, 6.07) is 7.98. The van der Waals surface area contributed by atoms with Gasteiger partial charge >= 0.3 is 0 Å². The average Bonchev–Trinajstić information content (AvgIpc) is 2.77. The molecule has 0 aliphatic carbocycles. The van der Waals surface area contributed by atoms with Crippen LogP contribution in [0.2, 0.25) is 0 Å². The number of nitrogen functional groups attached to an aromatic ring is 1. The number of carbonyl (C=O) groups is 1. The molecule has 6 heteroatoms. The molecule has 0 bridgehead atoms. The molecule has 0 unspecified atom stereocenters. The third kappa shape index (κ3) is 5.00. The maximum absolute atomic E-state index is 12.5. The number of anilines is 1. The summed E-state index contributed by atoms with van der Waals surface area (Å²) < 4.78 is 0. The Labute approximate surface area is 177 Å². The zero-order chi connectivity index (χ0) is 20.9. The van der Waals surface area contributed by atoms with Gasteiger partial charge in [0.15, 0.2) is 5.78 Å². The first-order valence-electron chi connectivity index (χ1n) is 10.7. The maximum atomic E-state index is 12.5. The van der Waals surface area contributed by atoms with Gasteiger partial charge in [0.2, 0.25) is 0 Å². The highest BCUT2D eigenvalue weighted by Crippen LogP contribution is 2.22. The number of carbonyl (C=O) groups excluding carboxylic acids is 1. The molecule has 2 N–H and O–H groups in total. The molecule has 1 fully saturated rings. The number of Topliss-reactive ketones (excluding diaryl/α,β-unsaturated/α-hetero) is 1. The lowest BCUT2D eigenvalue weighted by atomic mass is 9.92. The Bertz CT molecular complexity index is 1010. The number of piperidine rings is 1. The molecule has 1 aromatic carbocycles. The fraction of sp³-hybridized carbons (Fsp3) is 0.417. The quantitative estimate of drug-likeness (QED) is 0.606. The van der Waals surface area contributed by atoms with Crippen molar-refractivity contribution in [3.63, 3.8) is 0 Å². The van der Waals surface area contributed by atoms with Gasteiger partial charge in [0.1, 0.15) is 11.5 Å². The van der Waals surface area contributed by atoms with E-state index in [0.29, 0.717) is 24.4 Å². The van der Waals surface area contributed by atoms with Crippen LogP contribution in [0.25, 0.3) is 10.8 Å². The number of benzene rings is 1. The summed E-state index contributed by atoms with van der Waals surface area (Å²) in [7, 11) is 2.19. The van der Waals surface area contributed by atoms with Crippen LogP contribution in [0.15, 0.2) is 42.9 Å². The van der Waals surface area contributed by atoms with Crippen LogP contribution in [0.5, 0.6) is 0 Å². The minimum absolute atomic E-state index is 0.0266. The van der Waals surface area contributed by atoms with Gasteiger partial charge in [-0.05, 0) is 75.2 Å². The molecule has 1 aliphatic heterocycles. The van der Waals surface area contributed by atoms with Crippen molar-refractivity contribution < 1.29 is 4.79 Å². The predicted octanol–water partition coefficient (Wildman–Crippen LogP) is 3.70. The molecule has 0 radical (unpaired) electrons. The Balaban J connectivity index is 1.29. The zero-order valence-corrected chi connectivity index (χ0v) is 17.6. The fourth-order valence-corrected chi connectivity index (χ4v) is 4.12. The number of nitrogens with zero attached hydrogens (tertiary/aromatic N) is 4. The Morgan fingerprint density at radius 2 is 1.93 bits per heavy atom. The maximum Gasteiger partial charge on any atom is 0.183 e. The van der Waals surface area contributed by atoms with Gasteiger partial charge in [-0.25, -0.2) is 9.97 Å². The molecule has 1 saturated heterocycles. The van der Waals surface area contributed by atoms with Crippen molar-refractivity contribution in [2.75, 3.05) is 25.9 Å². The summed E-state index contributed by atoms with van der Waals surface area (Å²) >= 11 is 0. The number of aryl methyl sites for hydroxylation is 2. The Morgan fingerprint density at radius 3 is 2.70 bits per heavy atom. The highest BCUT2D eigenvalue weighted by molar-refractivity contribution is 5.94. The molecule has 3 heterocycles. The molecular weight excluding hydrogens is 374 g/mol. The molecule has 6 nitrogen and oxygen atoms in total. The number of hydrogen-bond acceptors (Lipinski definition) is 6. The van der Waals surface area contributed by atoms with Gasteiger partial charge in [-0.15, -0.1) is 0 Å². The van der Waals surface area contributed by atoms with E-state index in [9.17, 15) is 4.79 Å². The third-order valence-corrected chi connectivity index (χ3v) is 6.14. The Hall–Kier alpha value is -2.86. The molecule has 1 aliphatic rings. The van der Waals surface area contributed by atoms with Crippen LogP contribution in [0, 0.1) is 5.92 Å². The van der Waals surface area contributed by atoms with Crippen LogP contribution in [0.4, 0.5) is 5.82 Å². The van der Waals surface area contributed by atoms with E-state index in [-0.39, 0.29) is 5.78 Å². The summed E-state index contributed by atoms with van der Waals surface area (Å²) in [5.74, 6) is 1.33. The number of ketones is 1. The van der Waals surface area contributed by atoms with Crippen molar-refractivity contribution >= 4 is 22.4 Å². The lowest BCUT2D eigenvalue weighted by molar-refractivity contribution is 0.0977. The summed E-state index contributed by atoms with van der Waals surface area (Å²) in [6.07, 6.45) is 10.8. The molecule has 3 aromatic rings. The van der Waals surface area contributed by atoms with E-state index in [2.05, 4.69) is 33.0 Å². The molecule has 4 rings (SSSR count). The van der Waals surface area contributed by atoms with Crippen LogP contribution < -0.4 is 5.73 Å². The van der Waals surface area contributed by atoms with E-state index < -0.39 is 0 Å². The number of nitrogens with two attached hydrogens (primary N) is 1. The van der Waals surface area contributed by atoms with E-state index in [1.165, 1.54) is 25.9 Å². The molecule has 156 valence electrons. The molecular formula is C24H29N5O. The van der Waals surface area contributed by atoms with E-state index in [1.807, 2.05) is 18.2 Å². The van der Waals surface area contributed by atoms with Gasteiger partial charge in [0, 0.05) is 24.2 Å². The molecule has 0 spiro atoms. The molecule has 0 saturated carbocycles. The summed E-state index contributed by atoms with van der Waals surface area (Å²) in [6.45, 7) is 2.37. The van der Waals surface area contributed by atoms with Gasteiger partial charge in [-0.3, -0.25) is 9.78 Å². The Morgan fingerprint density at radius 1 is 1.10 bits per heavy atom. The van der Waals surface area contributed by atoms with Gasteiger partial charge < -0.3 is 10.6 Å². The van der Waals surface area contributed by atoms with Gasteiger partial charge in [-0.2, -0.15) is 0 Å². The van der Waals surface area contributed by atoms with Crippen molar-refractivity contribution in [1.82, 2.24) is 19.9 Å². The average molecular weight is 404 g/mol. The van der Waals surface area contributed by atoms with Crippen molar-refractivity contribution in [3.8, 4) is 0 Å². The van der Waals surface area contributed by atoms with Crippen molar-refractivity contribution in [2.24, 2.45) is 5.92 Å². The van der Waals surface area contributed by atoms with Gasteiger partial charge in [0.25, 0.3) is 0 Å². The van der Waals surface area contributed by atoms with E-state index >= 15 is 0 Å². The number of likely N-dealkylation sites (tertiary alicyclic amines) is 1. The van der Waals surface area contributed by atoms with Crippen molar-refractivity contribution in [3.05, 3.63) is 59.8 Å². The second-order valence-corrected chi connectivity index (χ2v) is 8.35. The van der Waals surface area contributed by atoms with Crippen LogP contribution in [0.3, 0.4) is 0 Å². The van der Waals surface area contributed by atoms with Crippen molar-refractivity contribution in [2.45, 2.75) is 38.5 Å². The molecule has 30 heavy (non-hydrogen) atoms. The molecule has 0 amide bonds. The number of rotatable bonds is 7. The lowest BCUT2D eigenvalue weighted by Crippen LogP contribution is -2.30. The summed E-state index contributed by atoms with van der Waals surface area (Å²) in [5.41, 5.74) is 8.43. The van der Waals surface area contributed by atoms with Gasteiger partial charge in [0.05, 0.1) is 11.9 Å². The number of aromatic nitrogens is 3. The SMILES string of the molecule is CN1CCC(CCc2cnc(C(=O)CCc3ccc4c(N)nccc4c3)cn2)CC1. The second-order valence-electron chi connectivity index (χ2n) is 8.35. The molecule has 0 atom stereocenters. The van der Waals surface area contributed by atoms with Crippen molar-refractivity contribution in [1.29, 1.82) is 0 Å². The van der Waals surface area contributed by atoms with Gasteiger partial charge in [-0.1, -0.05) is 18.2 Å². The first kappa shape index (κ1) is 20.4. The summed E-state index contributed by atoms with van der Waals surface area (Å²) in [4.78, 5) is 27.9. The minimum atomic E-state index is 0.0266. The number of fused-ring (bicyclic) bond motifs is 1. The topological polar surface area (TPSA) is 85.0 Å². The van der Waals surface area contributed by atoms with E-state index in [4.69, 9.17) is 5.73 Å². The number of pyridine rings is 1. The normalized spacial score (nSPS) is 15.5. The molecule has 2 aromatic heterocycles. The van der Waals surface area contributed by atoms with Crippen LogP contribution in [-0.4, -0.2) is 45.8 Å². The van der Waals surface area contributed by atoms with Crippen LogP contribution in [0.1, 0.15) is 47.4 Å². The standard InChI is InChI=1S/C24H29N5O/c1-29-12-9-17(10-13-29)2-5-20-15-28-22(16-27-20)23(30)7-4-18-3-6-21-19(14-18)8-11-26-24(21)25/h3,6,8,11,14-17H,2,4-5,7,9-10,12-13H2,1H3,(H2,25,26). The second kappa shape index (κ2) is 9.30. The Kier molecular flexibility index (Phi) is 6.33. The van der Waals surface area contributed by atoms with E-state index in [1.54, 1.807) is 18.6 Å². The monoisotopic (exact) mass is 403 g/mol. The highest BCUT2D eigenvalue weighted by Gasteiger charge is 2.17. The lowest BCUT2D eigenvalue weighted by Gasteiger charge is -2.28. The summed E-state index contributed by atoms with van der Waals surface area (Å²) in [5, 5.41) is 1.98. The van der Waals surface area contributed by atoms with Crippen LogP contribution in [-0.2, 0) is 12.8 Å². The largest absolute Gasteiger partial charge is 0.383 e. The van der Waals surface area contributed by atoms with Crippen LogP contribution >= 0.6 is 0 Å². The fourth-order valence-electron chi connectivity index (χ4n) is 4.12. The highest BCUT2D eigenvalue weighted by atomic mass is 16.1. The van der Waals surface area contributed by atoms with E-state index in [0.717, 1.165) is 40.8 Å². The zero-order valence-electron chi connectivity index (χ0n) is 17.6. The number of hydrogen-bond donors (Lipinski definition) is 1. The third-order valence-electron chi connectivity index (χ3n) is 6.14. The first-order chi connectivity index (χ1) is 14.6. The predicted molar refractivity (Wildman–Crippen MR) is 119 cm³/mol. The first-order valence-corrected chi connectivity index (χ1v) is 10.7. The minimum Gasteiger partial charge on any atom is -0.383 e.